The molecule has 0 radical (unpaired) electrons. The van der Waals surface area contributed by atoms with Gasteiger partial charge in [-0.2, -0.15) is 4.98 Å². The fraction of sp³-hybridized carbons (Fsp3) is 0.158. The van der Waals surface area contributed by atoms with E-state index in [0.29, 0.717) is 5.82 Å². The molecule has 0 spiro atoms. The zero-order valence-corrected chi connectivity index (χ0v) is 15.6. The maximum absolute atomic E-state index is 13.8. The highest BCUT2D eigenvalue weighted by Crippen LogP contribution is 2.27. The van der Waals surface area contributed by atoms with Crippen LogP contribution >= 0.6 is 11.3 Å². The number of hydrogen-bond acceptors (Lipinski definition) is 8. The van der Waals surface area contributed by atoms with Gasteiger partial charge in [-0.1, -0.05) is 17.3 Å². The Morgan fingerprint density at radius 2 is 1.97 bits per heavy atom. The number of halogens is 2. The van der Waals surface area contributed by atoms with Crippen LogP contribution in [0, 0.1) is 11.6 Å². The van der Waals surface area contributed by atoms with E-state index in [-0.39, 0.29) is 42.6 Å². The third kappa shape index (κ3) is 4.37. The van der Waals surface area contributed by atoms with Crippen molar-refractivity contribution in [2.24, 2.45) is 0 Å². The Kier molecular flexibility index (Phi) is 5.43. The molecular formula is C19H13F2N3O4S. The van der Waals surface area contributed by atoms with Crippen molar-refractivity contribution in [3.8, 4) is 22.0 Å². The second kappa shape index (κ2) is 8.31. The molecule has 0 unspecified atom stereocenters. The molecule has 0 aliphatic heterocycles. The third-order valence-electron chi connectivity index (χ3n) is 3.87. The Bertz CT molecular complexity index is 1100. The van der Waals surface area contributed by atoms with Crippen LogP contribution in [0.25, 0.3) is 22.0 Å². The standard InChI is InChI=1S/C19H13F2N3O4S/c20-11-3-1-4-12(21)18(11)13-9-22-15(27-13)6-7-17(25)26-10-16-23-19(24-28-16)14-5-2-8-29-14/h1-5,8-9H,6-7,10H2. The fourth-order valence-electron chi connectivity index (χ4n) is 2.52. The highest BCUT2D eigenvalue weighted by Gasteiger charge is 2.17. The van der Waals surface area contributed by atoms with Crippen LogP contribution in [0.3, 0.4) is 0 Å². The first-order valence-electron chi connectivity index (χ1n) is 8.51. The molecule has 4 aromatic rings. The predicted molar refractivity (Wildman–Crippen MR) is 97.6 cm³/mol. The van der Waals surface area contributed by atoms with E-state index in [0.717, 1.165) is 17.0 Å². The molecule has 1 aromatic carbocycles. The Labute approximate surface area is 167 Å². The summed E-state index contributed by atoms with van der Waals surface area (Å²) < 4.78 is 43.1. The van der Waals surface area contributed by atoms with E-state index < -0.39 is 17.6 Å². The minimum Gasteiger partial charge on any atom is -0.456 e. The summed E-state index contributed by atoms with van der Waals surface area (Å²) in [4.78, 5) is 20.9. The maximum atomic E-state index is 13.8. The number of carbonyl (C=O) groups excluding carboxylic acids is 1. The first kappa shape index (κ1) is 18.9. The van der Waals surface area contributed by atoms with Gasteiger partial charge in [0, 0.05) is 6.42 Å². The van der Waals surface area contributed by atoms with Gasteiger partial charge in [0.05, 0.1) is 23.1 Å². The quantitative estimate of drug-likeness (QED) is 0.411. The SMILES string of the molecule is O=C(CCc1ncc(-c2c(F)cccc2F)o1)OCc1nc(-c2cccs2)no1. The summed E-state index contributed by atoms with van der Waals surface area (Å²) in [6.45, 7) is -0.158. The summed E-state index contributed by atoms with van der Waals surface area (Å²) in [6.07, 6.45) is 1.29. The lowest BCUT2D eigenvalue weighted by atomic mass is 10.1. The minimum atomic E-state index is -0.756. The number of oxazole rings is 1. The second-order valence-electron chi connectivity index (χ2n) is 5.86. The molecule has 0 amide bonds. The van der Waals surface area contributed by atoms with Gasteiger partial charge < -0.3 is 13.7 Å². The fourth-order valence-corrected chi connectivity index (χ4v) is 3.17. The molecule has 10 heteroatoms. The molecule has 0 aliphatic carbocycles. The topological polar surface area (TPSA) is 91.2 Å². The van der Waals surface area contributed by atoms with Crippen LogP contribution in [0.4, 0.5) is 8.78 Å². The summed E-state index contributed by atoms with van der Waals surface area (Å²) in [6, 6.07) is 7.22. The van der Waals surface area contributed by atoms with E-state index >= 15 is 0 Å². The number of rotatable bonds is 7. The molecule has 3 heterocycles. The number of hydrogen-bond donors (Lipinski definition) is 0. The van der Waals surface area contributed by atoms with E-state index in [9.17, 15) is 13.6 Å². The molecule has 0 fully saturated rings. The second-order valence-corrected chi connectivity index (χ2v) is 6.81. The molecule has 4 rings (SSSR count). The first-order valence-corrected chi connectivity index (χ1v) is 9.39. The van der Waals surface area contributed by atoms with Gasteiger partial charge in [0.25, 0.3) is 5.89 Å². The van der Waals surface area contributed by atoms with Crippen molar-refractivity contribution in [2.75, 3.05) is 0 Å². The van der Waals surface area contributed by atoms with Gasteiger partial charge >= 0.3 is 5.97 Å². The molecule has 0 saturated carbocycles. The predicted octanol–water partition coefficient (Wildman–Crippen LogP) is 4.41. The van der Waals surface area contributed by atoms with Crippen molar-refractivity contribution in [1.82, 2.24) is 15.1 Å². The number of carbonyl (C=O) groups is 1. The zero-order valence-electron chi connectivity index (χ0n) is 14.8. The van der Waals surface area contributed by atoms with E-state index in [1.54, 1.807) is 0 Å². The van der Waals surface area contributed by atoms with Crippen LogP contribution in [0.1, 0.15) is 18.2 Å². The maximum Gasteiger partial charge on any atom is 0.306 e. The summed E-state index contributed by atoms with van der Waals surface area (Å²) in [5.74, 6) is -1.32. The van der Waals surface area contributed by atoms with E-state index in [4.69, 9.17) is 13.7 Å². The van der Waals surface area contributed by atoms with Gasteiger partial charge in [0.2, 0.25) is 5.82 Å². The Morgan fingerprint density at radius 1 is 1.14 bits per heavy atom. The Balaban J connectivity index is 1.30. The molecule has 0 bridgehead atoms. The number of aromatic nitrogens is 3. The molecule has 0 N–H and O–H groups in total. The first-order chi connectivity index (χ1) is 14.1. The van der Waals surface area contributed by atoms with E-state index in [2.05, 4.69) is 15.1 Å². The van der Waals surface area contributed by atoms with E-state index in [1.807, 2.05) is 17.5 Å². The van der Waals surface area contributed by atoms with Crippen LogP contribution in [0.15, 0.2) is 50.8 Å². The number of ether oxygens (including phenoxy) is 1. The van der Waals surface area contributed by atoms with Crippen LogP contribution in [-0.2, 0) is 22.6 Å². The molecule has 7 nitrogen and oxygen atoms in total. The summed E-state index contributed by atoms with van der Waals surface area (Å²) in [5, 5.41) is 5.71. The number of esters is 1. The lowest BCUT2D eigenvalue weighted by Gasteiger charge is -2.01. The smallest absolute Gasteiger partial charge is 0.306 e. The van der Waals surface area contributed by atoms with Gasteiger partial charge in [-0.3, -0.25) is 4.79 Å². The van der Waals surface area contributed by atoms with Gasteiger partial charge in [0.1, 0.15) is 11.6 Å². The lowest BCUT2D eigenvalue weighted by Crippen LogP contribution is -2.06. The Morgan fingerprint density at radius 3 is 2.72 bits per heavy atom. The van der Waals surface area contributed by atoms with Gasteiger partial charge in [-0.05, 0) is 23.6 Å². The lowest BCUT2D eigenvalue weighted by molar-refractivity contribution is -0.145. The molecule has 29 heavy (non-hydrogen) atoms. The molecule has 0 saturated heterocycles. The molecule has 0 aliphatic rings. The summed E-state index contributed by atoms with van der Waals surface area (Å²) in [7, 11) is 0. The van der Waals surface area contributed by atoms with Crippen LogP contribution in [0.2, 0.25) is 0 Å². The number of aryl methyl sites for hydroxylation is 1. The van der Waals surface area contributed by atoms with Gasteiger partial charge in [0.15, 0.2) is 18.3 Å². The van der Waals surface area contributed by atoms with Crippen molar-refractivity contribution in [3.05, 3.63) is 65.3 Å². The van der Waals surface area contributed by atoms with Crippen LogP contribution < -0.4 is 0 Å². The summed E-state index contributed by atoms with van der Waals surface area (Å²) >= 11 is 1.46. The van der Waals surface area contributed by atoms with Crippen molar-refractivity contribution < 1.29 is 27.3 Å². The molecule has 3 aromatic heterocycles. The number of benzene rings is 1. The van der Waals surface area contributed by atoms with Crippen molar-refractivity contribution in [2.45, 2.75) is 19.4 Å². The average molecular weight is 417 g/mol. The normalized spacial score (nSPS) is 11.0. The van der Waals surface area contributed by atoms with Crippen molar-refractivity contribution >= 4 is 17.3 Å². The Hall–Kier alpha value is -3.40. The monoisotopic (exact) mass is 417 g/mol. The number of nitrogens with zero attached hydrogens (tertiary/aromatic N) is 3. The molecule has 148 valence electrons. The third-order valence-corrected chi connectivity index (χ3v) is 4.74. The van der Waals surface area contributed by atoms with Crippen molar-refractivity contribution in [3.63, 3.8) is 0 Å². The number of thiophene rings is 1. The highest BCUT2D eigenvalue weighted by atomic mass is 32.1. The average Bonchev–Trinajstić information content (AvgIpc) is 3.46. The summed E-state index contributed by atoms with van der Waals surface area (Å²) in [5.41, 5.74) is -0.299. The van der Waals surface area contributed by atoms with Crippen molar-refractivity contribution in [1.29, 1.82) is 0 Å². The minimum absolute atomic E-state index is 0.0361. The molecular weight excluding hydrogens is 404 g/mol. The van der Waals surface area contributed by atoms with Crippen LogP contribution in [0.5, 0.6) is 0 Å². The zero-order chi connectivity index (χ0) is 20.2. The molecule has 0 atom stereocenters. The van der Waals surface area contributed by atoms with Gasteiger partial charge in [-0.25, -0.2) is 13.8 Å². The highest BCUT2D eigenvalue weighted by molar-refractivity contribution is 7.13. The van der Waals surface area contributed by atoms with Crippen LogP contribution in [-0.4, -0.2) is 21.1 Å². The largest absolute Gasteiger partial charge is 0.456 e. The van der Waals surface area contributed by atoms with Gasteiger partial charge in [-0.15, -0.1) is 11.3 Å². The van der Waals surface area contributed by atoms with E-state index in [1.165, 1.54) is 23.6 Å².